The smallest absolute Gasteiger partial charge is 0.260 e. The van der Waals surface area contributed by atoms with E-state index >= 15 is 0 Å². The van der Waals surface area contributed by atoms with Crippen LogP contribution in [0.4, 0.5) is 0 Å². The number of aromatic amines is 1. The van der Waals surface area contributed by atoms with Crippen molar-refractivity contribution >= 4 is 11.8 Å². The highest BCUT2D eigenvalue weighted by molar-refractivity contribution is 5.97. The van der Waals surface area contributed by atoms with Gasteiger partial charge in [0.25, 0.3) is 11.5 Å². The number of aromatic nitrogens is 1. The summed E-state index contributed by atoms with van der Waals surface area (Å²) in [5, 5.41) is 3.16. The van der Waals surface area contributed by atoms with Crippen molar-refractivity contribution in [3.8, 4) is 0 Å². The zero-order valence-corrected chi connectivity index (χ0v) is 13.7. The Morgan fingerprint density at radius 2 is 1.96 bits per heavy atom. The van der Waals surface area contributed by atoms with E-state index < -0.39 is 17.5 Å². The minimum Gasteiger partial charge on any atom is -0.378 e. The first kappa shape index (κ1) is 16.7. The molecule has 1 atom stereocenters. The van der Waals surface area contributed by atoms with Gasteiger partial charge in [-0.05, 0) is 19.1 Å². The van der Waals surface area contributed by atoms with Gasteiger partial charge >= 0.3 is 0 Å². The third-order valence-corrected chi connectivity index (χ3v) is 4.40. The molecule has 2 saturated heterocycles. The number of hydrogen-bond donors (Lipinski definition) is 2. The SMILES string of the molecule is Cc1ccc(C(=O)N2CCNC[C@@H]2C(=O)N2CCOCC2)c(=O)[nH]1. The lowest BCUT2D eigenvalue weighted by atomic mass is 10.1. The number of carbonyl (C=O) groups is 2. The van der Waals surface area contributed by atoms with Crippen LogP contribution < -0.4 is 10.9 Å². The van der Waals surface area contributed by atoms with Gasteiger partial charge in [-0.25, -0.2) is 0 Å². The van der Waals surface area contributed by atoms with Crippen LogP contribution in [-0.2, 0) is 9.53 Å². The highest BCUT2D eigenvalue weighted by Gasteiger charge is 2.36. The molecular formula is C16H22N4O4. The quantitative estimate of drug-likeness (QED) is 0.720. The third-order valence-electron chi connectivity index (χ3n) is 4.40. The summed E-state index contributed by atoms with van der Waals surface area (Å²) in [4.78, 5) is 43.5. The van der Waals surface area contributed by atoms with Crippen molar-refractivity contribution in [1.82, 2.24) is 20.1 Å². The van der Waals surface area contributed by atoms with E-state index in [4.69, 9.17) is 4.74 Å². The van der Waals surface area contributed by atoms with E-state index in [9.17, 15) is 14.4 Å². The van der Waals surface area contributed by atoms with Gasteiger partial charge < -0.3 is 24.8 Å². The Hall–Kier alpha value is -2.19. The predicted molar refractivity (Wildman–Crippen MR) is 86.9 cm³/mol. The first-order chi connectivity index (χ1) is 11.6. The molecule has 2 aliphatic heterocycles. The molecule has 8 nitrogen and oxygen atoms in total. The maximum atomic E-state index is 12.8. The summed E-state index contributed by atoms with van der Waals surface area (Å²) in [5.41, 5.74) is 0.344. The van der Waals surface area contributed by atoms with Gasteiger partial charge in [-0.1, -0.05) is 0 Å². The Bertz CT molecular complexity index is 681. The summed E-state index contributed by atoms with van der Waals surface area (Å²) in [6, 6.07) is 2.62. The van der Waals surface area contributed by atoms with Crippen LogP contribution in [0.1, 0.15) is 16.1 Å². The van der Waals surface area contributed by atoms with E-state index in [1.165, 1.54) is 11.0 Å². The van der Waals surface area contributed by atoms with Crippen LogP contribution >= 0.6 is 0 Å². The number of carbonyl (C=O) groups excluding carboxylic acids is 2. The Morgan fingerprint density at radius 3 is 2.67 bits per heavy atom. The van der Waals surface area contributed by atoms with Crippen LogP contribution in [0.25, 0.3) is 0 Å². The van der Waals surface area contributed by atoms with E-state index in [1.807, 2.05) is 0 Å². The van der Waals surface area contributed by atoms with Crippen LogP contribution in [0.15, 0.2) is 16.9 Å². The van der Waals surface area contributed by atoms with Gasteiger partial charge in [0.05, 0.1) is 13.2 Å². The normalized spacial score (nSPS) is 21.6. The molecule has 1 aromatic heterocycles. The largest absolute Gasteiger partial charge is 0.378 e. The van der Waals surface area contributed by atoms with Crippen molar-refractivity contribution < 1.29 is 14.3 Å². The zero-order chi connectivity index (χ0) is 17.1. The second-order valence-electron chi connectivity index (χ2n) is 6.04. The van der Waals surface area contributed by atoms with Gasteiger partial charge in [0.2, 0.25) is 5.91 Å². The van der Waals surface area contributed by atoms with Gasteiger partial charge in [0, 0.05) is 38.4 Å². The molecule has 3 heterocycles. The Morgan fingerprint density at radius 1 is 1.21 bits per heavy atom. The maximum Gasteiger partial charge on any atom is 0.260 e. The molecule has 0 aromatic carbocycles. The number of amides is 2. The minimum absolute atomic E-state index is 0.0716. The lowest BCUT2D eigenvalue weighted by Gasteiger charge is -2.38. The molecule has 2 fully saturated rings. The van der Waals surface area contributed by atoms with Crippen LogP contribution in [0, 0.1) is 6.92 Å². The molecule has 0 unspecified atom stereocenters. The van der Waals surface area contributed by atoms with Crippen molar-refractivity contribution in [3.63, 3.8) is 0 Å². The number of H-pyrrole nitrogens is 1. The first-order valence-electron chi connectivity index (χ1n) is 8.16. The number of pyridine rings is 1. The molecule has 2 amide bonds. The van der Waals surface area contributed by atoms with Crippen molar-refractivity contribution in [2.24, 2.45) is 0 Å². The average molecular weight is 334 g/mol. The van der Waals surface area contributed by atoms with E-state index in [0.717, 1.165) is 0 Å². The number of rotatable bonds is 2. The van der Waals surface area contributed by atoms with Crippen molar-refractivity contribution in [2.75, 3.05) is 45.9 Å². The Balaban J connectivity index is 1.82. The minimum atomic E-state index is -0.593. The molecule has 0 aliphatic carbocycles. The second kappa shape index (κ2) is 7.14. The molecule has 8 heteroatoms. The first-order valence-corrected chi connectivity index (χ1v) is 8.16. The van der Waals surface area contributed by atoms with E-state index in [-0.39, 0.29) is 11.5 Å². The standard InChI is InChI=1S/C16H22N4O4/c1-11-2-3-12(14(21)18-11)15(22)20-5-4-17-10-13(20)16(23)19-6-8-24-9-7-19/h2-3,13,17H,4-10H2,1H3,(H,18,21)/t13-/m1/s1. The summed E-state index contributed by atoms with van der Waals surface area (Å²) in [6.07, 6.45) is 0. The number of nitrogens with one attached hydrogen (secondary N) is 2. The monoisotopic (exact) mass is 334 g/mol. The number of aryl methyl sites for hydroxylation is 1. The summed E-state index contributed by atoms with van der Waals surface area (Å²) in [5.74, 6) is -0.494. The highest BCUT2D eigenvalue weighted by Crippen LogP contribution is 2.12. The van der Waals surface area contributed by atoms with E-state index in [0.29, 0.717) is 51.6 Å². The summed E-state index contributed by atoms with van der Waals surface area (Å²) in [7, 11) is 0. The predicted octanol–water partition coefficient (Wildman–Crippen LogP) is -1.04. The number of nitrogens with zero attached hydrogens (tertiary/aromatic N) is 2. The molecule has 1 aromatic rings. The number of morpholine rings is 1. The van der Waals surface area contributed by atoms with Crippen LogP contribution in [0.3, 0.4) is 0 Å². The van der Waals surface area contributed by atoms with Gasteiger partial charge in [-0.3, -0.25) is 14.4 Å². The van der Waals surface area contributed by atoms with Crippen LogP contribution in [-0.4, -0.2) is 78.6 Å². The molecule has 3 rings (SSSR count). The lowest BCUT2D eigenvalue weighted by Crippen LogP contribution is -2.61. The Kier molecular flexibility index (Phi) is 4.96. The summed E-state index contributed by atoms with van der Waals surface area (Å²) >= 11 is 0. The molecule has 0 spiro atoms. The van der Waals surface area contributed by atoms with Crippen LogP contribution in [0.2, 0.25) is 0 Å². The van der Waals surface area contributed by atoms with Crippen molar-refractivity contribution in [2.45, 2.75) is 13.0 Å². The van der Waals surface area contributed by atoms with Gasteiger partial charge in [0.1, 0.15) is 11.6 Å². The van der Waals surface area contributed by atoms with E-state index in [1.54, 1.807) is 17.9 Å². The van der Waals surface area contributed by atoms with Crippen LogP contribution in [0.5, 0.6) is 0 Å². The fourth-order valence-corrected chi connectivity index (χ4v) is 3.06. The number of piperazine rings is 1. The van der Waals surface area contributed by atoms with Crippen molar-refractivity contribution in [3.05, 3.63) is 33.7 Å². The van der Waals surface area contributed by atoms with Gasteiger partial charge in [-0.2, -0.15) is 0 Å². The molecule has 2 aliphatic rings. The number of ether oxygens (including phenoxy) is 1. The molecule has 0 bridgehead atoms. The summed E-state index contributed by atoms with van der Waals surface area (Å²) in [6.45, 7) is 5.23. The molecule has 130 valence electrons. The summed E-state index contributed by atoms with van der Waals surface area (Å²) < 4.78 is 5.27. The Labute approximate surface area is 139 Å². The molecular weight excluding hydrogens is 312 g/mol. The topological polar surface area (TPSA) is 94.7 Å². The van der Waals surface area contributed by atoms with E-state index in [2.05, 4.69) is 10.3 Å². The third kappa shape index (κ3) is 3.34. The molecule has 0 radical (unpaired) electrons. The molecule has 0 saturated carbocycles. The van der Waals surface area contributed by atoms with Gasteiger partial charge in [0.15, 0.2) is 0 Å². The zero-order valence-electron chi connectivity index (χ0n) is 13.7. The fourth-order valence-electron chi connectivity index (χ4n) is 3.06. The van der Waals surface area contributed by atoms with Crippen molar-refractivity contribution in [1.29, 1.82) is 0 Å². The average Bonchev–Trinajstić information content (AvgIpc) is 2.61. The second-order valence-corrected chi connectivity index (χ2v) is 6.04. The maximum absolute atomic E-state index is 12.8. The fraction of sp³-hybridized carbons (Fsp3) is 0.562. The number of hydrogen-bond acceptors (Lipinski definition) is 5. The van der Waals surface area contributed by atoms with Gasteiger partial charge in [-0.15, -0.1) is 0 Å². The lowest BCUT2D eigenvalue weighted by molar-refractivity contribution is -0.140. The highest BCUT2D eigenvalue weighted by atomic mass is 16.5. The molecule has 2 N–H and O–H groups in total. The molecule has 24 heavy (non-hydrogen) atoms.